The van der Waals surface area contributed by atoms with Gasteiger partial charge >= 0.3 is 0 Å². The topological polar surface area (TPSA) is 25.8 Å². The third kappa shape index (κ3) is 16.3. The smallest absolute Gasteiger partial charge is 0.113 e. The van der Waals surface area contributed by atoms with Gasteiger partial charge in [-0.2, -0.15) is 8.75 Å². The minimum Gasteiger partial charge on any atom is -0.173 e. The predicted octanol–water partition coefficient (Wildman–Crippen LogP) is 15.5. The molecule has 0 saturated heterocycles. The molecular weight excluding hydrogens is 652 g/mol. The van der Waals surface area contributed by atoms with E-state index in [9.17, 15) is 0 Å². The van der Waals surface area contributed by atoms with Crippen molar-refractivity contribution in [3.05, 3.63) is 33.6 Å². The number of unbranched alkanes of at least 4 members (excludes halogenated alkanes) is 22. The van der Waals surface area contributed by atoms with Crippen LogP contribution < -0.4 is 0 Å². The van der Waals surface area contributed by atoms with Crippen molar-refractivity contribution in [1.82, 2.24) is 8.75 Å². The number of thiophene rings is 1. The summed E-state index contributed by atoms with van der Waals surface area (Å²) in [6.45, 7) is 4.62. The van der Waals surface area contributed by atoms with Crippen LogP contribution in [0.25, 0.3) is 21.5 Å². The molecule has 3 rings (SSSR count). The van der Waals surface area contributed by atoms with Crippen LogP contribution in [0.1, 0.15) is 186 Å². The van der Waals surface area contributed by atoms with Crippen molar-refractivity contribution < 1.29 is 0 Å². The summed E-state index contributed by atoms with van der Waals surface area (Å²) in [5.74, 6) is 0.798. The lowest BCUT2D eigenvalue weighted by Gasteiger charge is -2.17. The number of rotatable bonds is 29. The molecule has 0 amide bonds. The Morgan fingerprint density at radius 2 is 1.07 bits per heavy atom. The first kappa shape index (κ1) is 38.7. The first-order valence-electron chi connectivity index (χ1n) is 19.2. The number of aromatic nitrogens is 2. The quantitative estimate of drug-likeness (QED) is 0.0668. The van der Waals surface area contributed by atoms with Gasteiger partial charge in [-0.15, -0.1) is 11.3 Å². The Bertz CT molecular complexity index is 1090. The van der Waals surface area contributed by atoms with E-state index >= 15 is 0 Å². The van der Waals surface area contributed by atoms with Crippen LogP contribution in [-0.4, -0.2) is 8.75 Å². The van der Waals surface area contributed by atoms with E-state index in [0.29, 0.717) is 0 Å². The number of hydrogen-bond acceptors (Lipinski definition) is 4. The molecule has 0 fully saturated rings. The summed E-state index contributed by atoms with van der Waals surface area (Å²) in [5, 5.41) is 0. The molecule has 0 aliphatic heterocycles. The standard InChI is InChI=1S/C40H65BrN2S2/c1-3-5-7-9-11-13-15-17-19-21-23-25-28-34(29-26-24-22-20-18-16-14-12-10-8-6-4-2)32-35-33-38(44-40(35)41)36-30-27-31-37-39(36)43-45-42-37/h27,30-31,33-34H,3-26,28-29,32H2,1-2H3. The van der Waals surface area contributed by atoms with Crippen LogP contribution in [0.5, 0.6) is 0 Å². The number of nitrogens with zero attached hydrogens (tertiary/aromatic N) is 2. The minimum atomic E-state index is 0.798. The highest BCUT2D eigenvalue weighted by Crippen LogP contribution is 2.39. The van der Waals surface area contributed by atoms with Gasteiger partial charge in [-0.3, -0.25) is 0 Å². The maximum Gasteiger partial charge on any atom is 0.113 e. The zero-order chi connectivity index (χ0) is 31.8. The Hall–Kier alpha value is -0.780. The highest BCUT2D eigenvalue weighted by Gasteiger charge is 2.17. The first-order chi connectivity index (χ1) is 22.2. The molecule has 0 aliphatic rings. The van der Waals surface area contributed by atoms with E-state index in [1.807, 2.05) is 11.3 Å². The lowest BCUT2D eigenvalue weighted by molar-refractivity contribution is 0.399. The second-order valence-electron chi connectivity index (χ2n) is 13.8. The van der Waals surface area contributed by atoms with Crippen molar-refractivity contribution in [1.29, 1.82) is 0 Å². The highest BCUT2D eigenvalue weighted by atomic mass is 79.9. The molecular formula is C40H65BrN2S2. The third-order valence-electron chi connectivity index (χ3n) is 9.75. The normalized spacial score (nSPS) is 11.8. The van der Waals surface area contributed by atoms with Crippen LogP contribution in [-0.2, 0) is 6.42 Å². The Balaban J connectivity index is 1.39. The lowest BCUT2D eigenvalue weighted by Crippen LogP contribution is -2.05. The van der Waals surface area contributed by atoms with Gasteiger partial charge < -0.3 is 0 Å². The predicted molar refractivity (Wildman–Crippen MR) is 207 cm³/mol. The summed E-state index contributed by atoms with van der Waals surface area (Å²) in [4.78, 5) is 1.32. The molecule has 45 heavy (non-hydrogen) atoms. The van der Waals surface area contributed by atoms with Crippen molar-refractivity contribution in [2.75, 3.05) is 0 Å². The molecule has 0 saturated carbocycles. The number of fused-ring (bicyclic) bond motifs is 1. The van der Waals surface area contributed by atoms with E-state index in [1.165, 1.54) is 205 Å². The second kappa shape index (κ2) is 25.3. The largest absolute Gasteiger partial charge is 0.173 e. The van der Waals surface area contributed by atoms with Crippen molar-refractivity contribution in [2.24, 2.45) is 5.92 Å². The molecule has 0 radical (unpaired) electrons. The van der Waals surface area contributed by atoms with E-state index in [2.05, 4.69) is 62.8 Å². The number of benzene rings is 1. The molecule has 2 heterocycles. The van der Waals surface area contributed by atoms with Gasteiger partial charge in [0.2, 0.25) is 0 Å². The van der Waals surface area contributed by atoms with Gasteiger partial charge in [-0.25, -0.2) is 0 Å². The lowest BCUT2D eigenvalue weighted by atomic mass is 9.89. The first-order valence-corrected chi connectivity index (χ1v) is 21.6. The Morgan fingerprint density at radius 1 is 0.600 bits per heavy atom. The van der Waals surface area contributed by atoms with E-state index in [1.54, 1.807) is 0 Å². The summed E-state index contributed by atoms with van der Waals surface area (Å²) in [6, 6.07) is 8.85. The van der Waals surface area contributed by atoms with E-state index in [-0.39, 0.29) is 0 Å². The fraction of sp³-hybridized carbons (Fsp3) is 0.750. The van der Waals surface area contributed by atoms with Crippen LogP contribution in [0.15, 0.2) is 28.1 Å². The minimum absolute atomic E-state index is 0.798. The van der Waals surface area contributed by atoms with Gasteiger partial charge in [-0.05, 0) is 46.0 Å². The average molecular weight is 718 g/mol. The summed E-state index contributed by atoms with van der Waals surface area (Å²) >= 11 is 7.16. The van der Waals surface area contributed by atoms with Crippen molar-refractivity contribution in [2.45, 2.75) is 187 Å². The van der Waals surface area contributed by atoms with Gasteiger partial charge in [-0.1, -0.05) is 193 Å². The van der Waals surface area contributed by atoms with Crippen LogP contribution in [0.3, 0.4) is 0 Å². The van der Waals surface area contributed by atoms with Crippen LogP contribution >= 0.6 is 39.0 Å². The van der Waals surface area contributed by atoms with E-state index < -0.39 is 0 Å². The van der Waals surface area contributed by atoms with Crippen molar-refractivity contribution in [3.8, 4) is 10.4 Å². The SMILES string of the molecule is CCCCCCCCCCCCCCC(CCCCCCCCCCCCCC)Cc1cc(-c2cccc3nsnc23)sc1Br. The maximum atomic E-state index is 4.61. The molecule has 0 N–H and O–H groups in total. The van der Waals surface area contributed by atoms with Gasteiger partial charge in [0, 0.05) is 10.4 Å². The summed E-state index contributed by atoms with van der Waals surface area (Å²) < 4.78 is 10.4. The molecule has 3 aromatic rings. The van der Waals surface area contributed by atoms with Crippen LogP contribution in [0, 0.1) is 5.92 Å². The van der Waals surface area contributed by atoms with Crippen LogP contribution in [0.4, 0.5) is 0 Å². The van der Waals surface area contributed by atoms with Crippen LogP contribution in [0.2, 0.25) is 0 Å². The zero-order valence-electron chi connectivity index (χ0n) is 29.1. The fourth-order valence-corrected chi connectivity index (χ4v) is 9.18. The number of halogens is 1. The molecule has 0 unspecified atom stereocenters. The van der Waals surface area contributed by atoms with E-state index in [4.69, 9.17) is 0 Å². The molecule has 0 bridgehead atoms. The summed E-state index contributed by atoms with van der Waals surface area (Å²) in [6.07, 6.45) is 38.3. The third-order valence-corrected chi connectivity index (χ3v) is 12.3. The monoisotopic (exact) mass is 716 g/mol. The zero-order valence-corrected chi connectivity index (χ0v) is 32.3. The molecule has 254 valence electrons. The van der Waals surface area contributed by atoms with Gasteiger partial charge in [0.05, 0.1) is 15.5 Å². The molecule has 5 heteroatoms. The molecule has 1 aromatic carbocycles. The fourth-order valence-electron chi connectivity index (χ4n) is 6.89. The molecule has 0 atom stereocenters. The second-order valence-corrected chi connectivity index (χ2v) is 16.7. The summed E-state index contributed by atoms with van der Waals surface area (Å²) in [7, 11) is 0. The van der Waals surface area contributed by atoms with Crippen molar-refractivity contribution >= 4 is 50.0 Å². The van der Waals surface area contributed by atoms with Gasteiger partial charge in [0.15, 0.2) is 0 Å². The van der Waals surface area contributed by atoms with Gasteiger partial charge in [0.1, 0.15) is 11.0 Å². The molecule has 2 aromatic heterocycles. The number of hydrogen-bond donors (Lipinski definition) is 0. The molecule has 0 aliphatic carbocycles. The Labute approximate surface area is 294 Å². The molecule has 0 spiro atoms. The maximum absolute atomic E-state index is 4.61. The summed E-state index contributed by atoms with van der Waals surface area (Å²) in [5.41, 5.74) is 4.79. The van der Waals surface area contributed by atoms with E-state index in [0.717, 1.165) is 17.0 Å². The Kier molecular flexibility index (Phi) is 21.7. The Morgan fingerprint density at radius 3 is 1.56 bits per heavy atom. The highest BCUT2D eigenvalue weighted by molar-refractivity contribution is 9.11. The average Bonchev–Trinajstić information content (AvgIpc) is 3.68. The van der Waals surface area contributed by atoms with Gasteiger partial charge in [0.25, 0.3) is 0 Å². The van der Waals surface area contributed by atoms with Crippen molar-refractivity contribution in [3.63, 3.8) is 0 Å². The molecule has 2 nitrogen and oxygen atoms in total.